The van der Waals surface area contributed by atoms with Gasteiger partial charge in [0.05, 0.1) is 18.7 Å². The van der Waals surface area contributed by atoms with Crippen molar-refractivity contribution >= 4 is 23.7 Å². The van der Waals surface area contributed by atoms with Crippen LogP contribution in [0, 0.1) is 0 Å². The maximum Gasteiger partial charge on any atom is 0.326 e. The van der Waals surface area contributed by atoms with Gasteiger partial charge in [-0.15, -0.1) is 0 Å². The summed E-state index contributed by atoms with van der Waals surface area (Å²) in [5, 5.41) is 18.1. The third-order valence-electron chi connectivity index (χ3n) is 6.40. The lowest BCUT2D eigenvalue weighted by molar-refractivity contribution is -0.145. The standard InChI is InChI=1S/C22H30N8O5/c31-19(15-3-1-5-25-15)28-16(7-13-9-23-11-26-13)21(33)30-6-2-4-18(30)20(32)29-17(22(34)35)8-14-10-24-12-27-14/h9-12,15-18,25H,1-8H2,(H,23,26)(H,24,27)(H,28,31)(H,29,32)(H,34,35). The summed E-state index contributed by atoms with van der Waals surface area (Å²) < 4.78 is 0. The molecule has 2 saturated heterocycles. The number of nitrogens with one attached hydrogen (secondary N) is 5. The van der Waals surface area contributed by atoms with Gasteiger partial charge in [-0.3, -0.25) is 14.4 Å². The second-order valence-electron chi connectivity index (χ2n) is 8.86. The quantitative estimate of drug-likeness (QED) is 0.240. The van der Waals surface area contributed by atoms with Gasteiger partial charge in [0.1, 0.15) is 18.1 Å². The summed E-state index contributed by atoms with van der Waals surface area (Å²) in [5.74, 6) is -2.36. The number of aromatic nitrogens is 4. The largest absolute Gasteiger partial charge is 0.480 e. The van der Waals surface area contributed by atoms with Gasteiger partial charge >= 0.3 is 5.97 Å². The molecule has 4 rings (SSSR count). The molecular formula is C22H30N8O5. The van der Waals surface area contributed by atoms with E-state index in [-0.39, 0.29) is 30.7 Å². The van der Waals surface area contributed by atoms with E-state index in [4.69, 9.17) is 0 Å². The first kappa shape index (κ1) is 24.4. The smallest absolute Gasteiger partial charge is 0.326 e. The molecule has 13 heteroatoms. The van der Waals surface area contributed by atoms with Gasteiger partial charge in [-0.25, -0.2) is 14.8 Å². The van der Waals surface area contributed by atoms with E-state index < -0.39 is 30.0 Å². The van der Waals surface area contributed by atoms with Gasteiger partial charge in [0.25, 0.3) is 0 Å². The summed E-state index contributed by atoms with van der Waals surface area (Å²) in [5.41, 5.74) is 1.24. The first-order valence-electron chi connectivity index (χ1n) is 11.7. The van der Waals surface area contributed by atoms with Crippen LogP contribution >= 0.6 is 0 Å². The number of carboxylic acid groups (broad SMARTS) is 1. The minimum absolute atomic E-state index is 0.0363. The molecule has 2 aliphatic rings. The number of carboxylic acids is 1. The predicted molar refractivity (Wildman–Crippen MR) is 122 cm³/mol. The van der Waals surface area contributed by atoms with Crippen molar-refractivity contribution in [1.29, 1.82) is 0 Å². The maximum absolute atomic E-state index is 13.6. The van der Waals surface area contributed by atoms with Gasteiger partial charge in [-0.1, -0.05) is 0 Å². The Hall–Kier alpha value is -3.74. The van der Waals surface area contributed by atoms with E-state index in [0.29, 0.717) is 37.2 Å². The van der Waals surface area contributed by atoms with Crippen molar-refractivity contribution in [3.8, 4) is 0 Å². The van der Waals surface area contributed by atoms with Gasteiger partial charge in [-0.2, -0.15) is 0 Å². The molecule has 35 heavy (non-hydrogen) atoms. The van der Waals surface area contributed by atoms with Crippen molar-refractivity contribution in [2.45, 2.75) is 62.7 Å². The van der Waals surface area contributed by atoms with E-state index in [9.17, 15) is 24.3 Å². The zero-order chi connectivity index (χ0) is 24.8. The number of nitrogens with zero attached hydrogens (tertiary/aromatic N) is 3. The average Bonchev–Trinajstić information content (AvgIpc) is 3.64. The second kappa shape index (κ2) is 11.1. The number of hydrogen-bond acceptors (Lipinski definition) is 7. The van der Waals surface area contributed by atoms with E-state index >= 15 is 0 Å². The maximum atomic E-state index is 13.6. The number of aliphatic carboxylic acids is 1. The molecule has 0 spiro atoms. The molecule has 3 amide bonds. The number of amides is 3. The van der Waals surface area contributed by atoms with Crippen molar-refractivity contribution < 1.29 is 24.3 Å². The number of carbonyl (C=O) groups excluding carboxylic acids is 3. The Bertz CT molecular complexity index is 1020. The summed E-state index contributed by atoms with van der Waals surface area (Å²) >= 11 is 0. The van der Waals surface area contributed by atoms with Gasteiger partial charge in [0.15, 0.2) is 0 Å². The van der Waals surface area contributed by atoms with Crippen LogP contribution in [0.1, 0.15) is 37.1 Å². The Kier molecular flexibility index (Phi) is 7.75. The first-order chi connectivity index (χ1) is 16.9. The molecule has 13 nitrogen and oxygen atoms in total. The van der Waals surface area contributed by atoms with Gasteiger partial charge in [0, 0.05) is 43.2 Å². The molecule has 0 aliphatic carbocycles. The summed E-state index contributed by atoms with van der Waals surface area (Å²) in [6, 6.07) is -3.24. The molecule has 0 radical (unpaired) electrons. The average molecular weight is 487 g/mol. The topological polar surface area (TPSA) is 185 Å². The number of rotatable bonds is 10. The molecule has 2 fully saturated rings. The minimum Gasteiger partial charge on any atom is -0.480 e. The fourth-order valence-electron chi connectivity index (χ4n) is 4.58. The fraction of sp³-hybridized carbons (Fsp3) is 0.545. The molecule has 4 unspecified atom stereocenters. The molecule has 0 bridgehead atoms. The zero-order valence-electron chi connectivity index (χ0n) is 19.2. The molecule has 4 heterocycles. The Morgan fingerprint density at radius 2 is 1.63 bits per heavy atom. The van der Waals surface area contributed by atoms with Gasteiger partial charge in [0.2, 0.25) is 17.7 Å². The molecule has 188 valence electrons. The summed E-state index contributed by atoms with van der Waals surface area (Å²) in [6.45, 7) is 1.08. The van der Waals surface area contributed by atoms with Crippen LogP contribution < -0.4 is 16.0 Å². The molecule has 2 aromatic rings. The number of likely N-dealkylation sites (tertiary alicyclic amines) is 1. The fourth-order valence-corrected chi connectivity index (χ4v) is 4.58. The summed E-state index contributed by atoms with van der Waals surface area (Å²) in [6.07, 6.45) is 8.82. The van der Waals surface area contributed by atoms with E-state index in [2.05, 4.69) is 35.9 Å². The van der Waals surface area contributed by atoms with Crippen LogP contribution in [0.2, 0.25) is 0 Å². The van der Waals surface area contributed by atoms with E-state index in [1.165, 1.54) is 23.8 Å². The lowest BCUT2D eigenvalue weighted by Crippen LogP contribution is -2.57. The Balaban J connectivity index is 1.45. The van der Waals surface area contributed by atoms with Crippen LogP contribution in [0.25, 0.3) is 0 Å². The third kappa shape index (κ3) is 6.04. The van der Waals surface area contributed by atoms with E-state index in [1.807, 2.05) is 0 Å². The zero-order valence-corrected chi connectivity index (χ0v) is 19.2. The van der Waals surface area contributed by atoms with E-state index in [1.54, 1.807) is 6.20 Å². The number of aromatic amines is 2. The predicted octanol–water partition coefficient (Wildman–Crippen LogP) is -1.28. The molecule has 2 aromatic heterocycles. The van der Waals surface area contributed by atoms with Crippen LogP contribution in [0.5, 0.6) is 0 Å². The lowest BCUT2D eigenvalue weighted by Gasteiger charge is -2.30. The summed E-state index contributed by atoms with van der Waals surface area (Å²) in [7, 11) is 0. The van der Waals surface area contributed by atoms with Crippen LogP contribution in [0.15, 0.2) is 25.0 Å². The van der Waals surface area contributed by atoms with Crippen LogP contribution in [0.3, 0.4) is 0 Å². The molecule has 2 aliphatic heterocycles. The highest BCUT2D eigenvalue weighted by atomic mass is 16.4. The van der Waals surface area contributed by atoms with Crippen LogP contribution in [0.4, 0.5) is 0 Å². The Labute approximate surface area is 201 Å². The van der Waals surface area contributed by atoms with Gasteiger partial charge in [-0.05, 0) is 32.2 Å². The number of carbonyl (C=O) groups is 4. The minimum atomic E-state index is -1.18. The SMILES string of the molecule is O=C(O)C(Cc1cnc[nH]1)NC(=O)C1CCCN1C(=O)C(Cc1cnc[nH]1)NC(=O)C1CCCN1. The van der Waals surface area contributed by atoms with Crippen LogP contribution in [-0.2, 0) is 32.0 Å². The van der Waals surface area contributed by atoms with E-state index in [0.717, 1.165) is 13.0 Å². The van der Waals surface area contributed by atoms with Crippen molar-refractivity contribution in [2.24, 2.45) is 0 Å². The highest BCUT2D eigenvalue weighted by Crippen LogP contribution is 2.20. The van der Waals surface area contributed by atoms with Crippen LogP contribution in [-0.4, -0.2) is 90.9 Å². The number of imidazole rings is 2. The third-order valence-corrected chi connectivity index (χ3v) is 6.40. The molecule has 4 atom stereocenters. The van der Waals surface area contributed by atoms with Crippen molar-refractivity contribution in [3.63, 3.8) is 0 Å². The van der Waals surface area contributed by atoms with Crippen molar-refractivity contribution in [2.75, 3.05) is 13.1 Å². The Morgan fingerprint density at radius 1 is 0.971 bits per heavy atom. The Morgan fingerprint density at radius 3 is 2.20 bits per heavy atom. The summed E-state index contributed by atoms with van der Waals surface area (Å²) in [4.78, 5) is 66.2. The van der Waals surface area contributed by atoms with Crippen molar-refractivity contribution in [1.82, 2.24) is 40.8 Å². The van der Waals surface area contributed by atoms with Gasteiger partial charge < -0.3 is 35.9 Å². The molecular weight excluding hydrogens is 456 g/mol. The normalized spacial score (nSPS) is 21.4. The molecule has 0 aromatic carbocycles. The number of H-pyrrole nitrogens is 2. The monoisotopic (exact) mass is 486 g/mol. The number of hydrogen-bond donors (Lipinski definition) is 6. The lowest BCUT2D eigenvalue weighted by atomic mass is 10.1. The van der Waals surface area contributed by atoms with Crippen molar-refractivity contribution in [3.05, 3.63) is 36.4 Å². The highest BCUT2D eigenvalue weighted by molar-refractivity contribution is 5.94. The highest BCUT2D eigenvalue weighted by Gasteiger charge is 2.39. The molecule has 6 N–H and O–H groups in total. The molecule has 0 saturated carbocycles. The first-order valence-corrected chi connectivity index (χ1v) is 11.7. The second-order valence-corrected chi connectivity index (χ2v) is 8.86.